The Balaban J connectivity index is 1.44. The zero-order valence-electron chi connectivity index (χ0n) is 18.3. The van der Waals surface area contributed by atoms with Crippen molar-refractivity contribution in [3.8, 4) is 11.5 Å². The highest BCUT2D eigenvalue weighted by atomic mass is 19.1. The summed E-state index contributed by atoms with van der Waals surface area (Å²) in [6.45, 7) is 2.87. The molecule has 7 nitrogen and oxygen atoms in total. The van der Waals surface area contributed by atoms with Gasteiger partial charge in [-0.25, -0.2) is 14.1 Å². The fraction of sp³-hybridized carbons (Fsp3) is 0.375. The molecule has 0 unspecified atom stereocenters. The summed E-state index contributed by atoms with van der Waals surface area (Å²) >= 11 is 0. The second-order valence-electron chi connectivity index (χ2n) is 8.03. The van der Waals surface area contributed by atoms with Crippen LogP contribution in [0.5, 0.6) is 11.5 Å². The number of carbonyl (C=O) groups excluding carboxylic acids is 1. The number of piperidine rings is 1. The number of ether oxygens (including phenoxy) is 2. The molecule has 1 aliphatic heterocycles. The van der Waals surface area contributed by atoms with Crippen molar-refractivity contribution >= 4 is 5.78 Å². The lowest BCUT2D eigenvalue weighted by Gasteiger charge is -2.32. The third-order valence-corrected chi connectivity index (χ3v) is 5.86. The summed E-state index contributed by atoms with van der Waals surface area (Å²) in [5, 5.41) is 4.17. The molecule has 3 aromatic rings. The normalized spacial score (nSPS) is 16.7. The Morgan fingerprint density at radius 1 is 1.12 bits per heavy atom. The number of aromatic nitrogens is 3. The number of carbonyl (C=O) groups is 1. The van der Waals surface area contributed by atoms with E-state index in [2.05, 4.69) is 21.0 Å². The van der Waals surface area contributed by atoms with Gasteiger partial charge in [-0.15, -0.1) is 0 Å². The average molecular weight is 439 g/mol. The van der Waals surface area contributed by atoms with Gasteiger partial charge in [0, 0.05) is 30.1 Å². The molecule has 2 aromatic carbocycles. The van der Waals surface area contributed by atoms with Crippen molar-refractivity contribution in [3.63, 3.8) is 0 Å². The lowest BCUT2D eigenvalue weighted by molar-refractivity contribution is 0.0811. The first-order valence-electron chi connectivity index (χ1n) is 10.7. The van der Waals surface area contributed by atoms with E-state index in [1.165, 1.54) is 25.6 Å². The van der Waals surface area contributed by atoms with Gasteiger partial charge in [0.15, 0.2) is 17.3 Å². The van der Waals surface area contributed by atoms with E-state index in [4.69, 9.17) is 9.47 Å². The molecule has 168 valence electrons. The van der Waals surface area contributed by atoms with E-state index in [0.29, 0.717) is 18.7 Å². The van der Waals surface area contributed by atoms with Gasteiger partial charge in [-0.05, 0) is 55.3 Å². The summed E-state index contributed by atoms with van der Waals surface area (Å²) in [4.78, 5) is 19.3. The minimum atomic E-state index is -0.510. The Morgan fingerprint density at radius 3 is 2.66 bits per heavy atom. The fourth-order valence-corrected chi connectivity index (χ4v) is 4.27. The van der Waals surface area contributed by atoms with Crippen LogP contribution in [0.25, 0.3) is 0 Å². The fourth-order valence-electron chi connectivity index (χ4n) is 4.27. The summed E-state index contributed by atoms with van der Waals surface area (Å²) in [7, 11) is 3.07. The van der Waals surface area contributed by atoms with Crippen molar-refractivity contribution in [2.45, 2.75) is 25.9 Å². The molecule has 1 atom stereocenters. The van der Waals surface area contributed by atoms with E-state index >= 15 is 0 Å². The first-order chi connectivity index (χ1) is 15.6. The van der Waals surface area contributed by atoms with E-state index in [1.807, 2.05) is 12.1 Å². The van der Waals surface area contributed by atoms with E-state index in [0.717, 1.165) is 42.8 Å². The molecule has 1 aromatic heterocycles. The molecule has 0 bridgehead atoms. The Labute approximate surface area is 186 Å². The Kier molecular flexibility index (Phi) is 6.80. The molecule has 1 fully saturated rings. The van der Waals surface area contributed by atoms with Gasteiger partial charge in [-0.3, -0.25) is 9.69 Å². The number of nitrogens with zero attached hydrogens (tertiary/aromatic N) is 4. The van der Waals surface area contributed by atoms with Gasteiger partial charge in [0.25, 0.3) is 0 Å². The second-order valence-corrected chi connectivity index (χ2v) is 8.03. The Bertz CT molecular complexity index is 1070. The van der Waals surface area contributed by atoms with E-state index in [9.17, 15) is 9.18 Å². The van der Waals surface area contributed by atoms with E-state index in [1.54, 1.807) is 24.2 Å². The lowest BCUT2D eigenvalue weighted by atomic mass is 9.89. The van der Waals surface area contributed by atoms with Crippen LogP contribution in [0.3, 0.4) is 0 Å². The molecular formula is C24H27FN4O3. The van der Waals surface area contributed by atoms with Gasteiger partial charge in [0.1, 0.15) is 18.4 Å². The zero-order chi connectivity index (χ0) is 22.5. The molecule has 0 amide bonds. The molecule has 8 heteroatoms. The molecule has 0 spiro atoms. The van der Waals surface area contributed by atoms with Crippen LogP contribution >= 0.6 is 0 Å². The number of likely N-dealkylation sites (tertiary alicyclic amines) is 1. The minimum Gasteiger partial charge on any atom is -0.496 e. The number of methoxy groups -OCH3 is 2. The number of benzene rings is 2. The lowest BCUT2D eigenvalue weighted by Crippen LogP contribution is -2.38. The molecule has 0 radical (unpaired) electrons. The third-order valence-electron chi connectivity index (χ3n) is 5.86. The molecular weight excluding hydrogens is 411 g/mol. The van der Waals surface area contributed by atoms with Crippen LogP contribution in [-0.2, 0) is 13.1 Å². The summed E-state index contributed by atoms with van der Waals surface area (Å²) in [5.74, 6) is 0.275. The van der Waals surface area contributed by atoms with Gasteiger partial charge >= 0.3 is 0 Å². The minimum absolute atomic E-state index is 0.0159. The maximum absolute atomic E-state index is 14.1. The van der Waals surface area contributed by atoms with Crippen LogP contribution in [0.4, 0.5) is 4.39 Å². The molecule has 0 aliphatic carbocycles. The molecule has 32 heavy (non-hydrogen) atoms. The number of hydrogen-bond acceptors (Lipinski definition) is 6. The second kappa shape index (κ2) is 9.91. The predicted molar refractivity (Wildman–Crippen MR) is 117 cm³/mol. The van der Waals surface area contributed by atoms with Gasteiger partial charge in [0.05, 0.1) is 20.8 Å². The third kappa shape index (κ3) is 4.96. The van der Waals surface area contributed by atoms with E-state index < -0.39 is 5.82 Å². The average Bonchev–Trinajstić information content (AvgIpc) is 3.32. The highest BCUT2D eigenvalue weighted by Gasteiger charge is 2.27. The highest BCUT2D eigenvalue weighted by molar-refractivity contribution is 5.98. The number of halogens is 1. The molecule has 0 saturated carbocycles. The van der Waals surface area contributed by atoms with Crippen molar-refractivity contribution in [2.75, 3.05) is 27.3 Å². The Hall–Kier alpha value is -3.26. The molecule has 0 N–H and O–H groups in total. The smallest absolute Gasteiger partial charge is 0.167 e. The number of Topliss-reactive ketones (excluding diaryl/α,β-unsaturated/α-hetero) is 1. The maximum atomic E-state index is 14.1. The highest BCUT2D eigenvalue weighted by Crippen LogP contribution is 2.26. The first-order valence-corrected chi connectivity index (χ1v) is 10.7. The van der Waals surface area contributed by atoms with Crippen LogP contribution in [0, 0.1) is 11.7 Å². The summed E-state index contributed by atoms with van der Waals surface area (Å²) < 4.78 is 26.3. The van der Waals surface area contributed by atoms with Crippen molar-refractivity contribution in [1.82, 2.24) is 19.7 Å². The number of rotatable bonds is 8. The number of ketones is 1. The Morgan fingerprint density at radius 2 is 1.94 bits per heavy atom. The largest absolute Gasteiger partial charge is 0.496 e. The van der Waals surface area contributed by atoms with Crippen molar-refractivity contribution in [1.29, 1.82) is 0 Å². The van der Waals surface area contributed by atoms with Crippen molar-refractivity contribution in [2.24, 2.45) is 5.92 Å². The molecule has 4 rings (SSSR count). The molecule has 1 saturated heterocycles. The van der Waals surface area contributed by atoms with Crippen LogP contribution in [0.1, 0.15) is 34.3 Å². The first kappa shape index (κ1) is 22.0. The summed E-state index contributed by atoms with van der Waals surface area (Å²) in [6, 6.07) is 10.6. The molecule has 2 heterocycles. The standard InChI is InChI=1S/C24H27FN4O3/c1-31-22-7-5-17(10-20(22)14-29-16-26-15-27-29)12-28-9-3-4-19(13-28)24(30)18-6-8-23(32-2)21(25)11-18/h5-8,10-11,15-16,19H,3-4,9,12-14H2,1-2H3/t19-/m1/s1. The van der Waals surface area contributed by atoms with Crippen LogP contribution in [-0.4, -0.2) is 52.8 Å². The predicted octanol–water partition coefficient (Wildman–Crippen LogP) is 3.58. The van der Waals surface area contributed by atoms with Gasteiger partial charge in [-0.2, -0.15) is 5.10 Å². The van der Waals surface area contributed by atoms with Gasteiger partial charge in [-0.1, -0.05) is 6.07 Å². The van der Waals surface area contributed by atoms with Crippen LogP contribution < -0.4 is 9.47 Å². The van der Waals surface area contributed by atoms with Crippen molar-refractivity contribution < 1.29 is 18.7 Å². The zero-order valence-corrected chi connectivity index (χ0v) is 18.3. The SMILES string of the molecule is COc1ccc(C(=O)[C@@H]2CCCN(Cc3ccc(OC)c(Cn4cncn4)c3)C2)cc1F. The van der Waals surface area contributed by atoms with Crippen molar-refractivity contribution in [3.05, 3.63) is 71.6 Å². The maximum Gasteiger partial charge on any atom is 0.167 e. The number of hydrogen-bond donors (Lipinski definition) is 0. The monoisotopic (exact) mass is 438 g/mol. The van der Waals surface area contributed by atoms with Crippen LogP contribution in [0.15, 0.2) is 49.1 Å². The quantitative estimate of drug-likeness (QED) is 0.501. The topological polar surface area (TPSA) is 69.5 Å². The van der Waals surface area contributed by atoms with Gasteiger partial charge in [0.2, 0.25) is 0 Å². The summed E-state index contributed by atoms with van der Waals surface area (Å²) in [5.41, 5.74) is 2.56. The summed E-state index contributed by atoms with van der Waals surface area (Å²) in [6.07, 6.45) is 4.92. The van der Waals surface area contributed by atoms with Gasteiger partial charge < -0.3 is 9.47 Å². The molecule has 1 aliphatic rings. The van der Waals surface area contributed by atoms with Crippen LogP contribution in [0.2, 0.25) is 0 Å². The van der Waals surface area contributed by atoms with E-state index in [-0.39, 0.29) is 17.5 Å².